The van der Waals surface area contributed by atoms with Crippen LogP contribution in [0.5, 0.6) is 5.75 Å². The summed E-state index contributed by atoms with van der Waals surface area (Å²) in [5.74, 6) is 0.845. The molecule has 9 heteroatoms. The number of nitrogens with zero attached hydrogens (tertiary/aromatic N) is 4. The fourth-order valence-electron chi connectivity index (χ4n) is 5.46. The van der Waals surface area contributed by atoms with Crippen molar-refractivity contribution in [2.24, 2.45) is 5.41 Å². The second-order valence-corrected chi connectivity index (χ2v) is 9.74. The Balaban J connectivity index is 1.33. The van der Waals surface area contributed by atoms with Crippen LogP contribution < -0.4 is 4.74 Å². The highest BCUT2D eigenvalue weighted by Crippen LogP contribution is 2.38. The largest absolute Gasteiger partial charge is 0.492 e. The molecule has 0 aliphatic carbocycles. The zero-order valence-electron chi connectivity index (χ0n) is 19.6. The first kappa shape index (κ1) is 22.8. The molecule has 4 heterocycles. The molecule has 5 rings (SSSR count). The predicted octanol–water partition coefficient (Wildman–Crippen LogP) is 2.91. The second kappa shape index (κ2) is 10.1. The quantitative estimate of drug-likeness (QED) is 0.692. The number of hydrogen-bond acceptors (Lipinski definition) is 6. The number of ether oxygens (including phenoxy) is 2. The normalized spacial score (nSPS) is 23.6. The fraction of sp³-hybridized carbons (Fsp3) is 0.600. The van der Waals surface area contributed by atoms with Gasteiger partial charge in [0.25, 0.3) is 11.8 Å². The van der Waals surface area contributed by atoms with Crippen molar-refractivity contribution in [3.05, 3.63) is 42.0 Å². The monoisotopic (exact) mass is 467 g/mol. The summed E-state index contributed by atoms with van der Waals surface area (Å²) in [4.78, 5) is 33.9. The van der Waals surface area contributed by atoms with E-state index in [0.717, 1.165) is 51.5 Å². The van der Waals surface area contributed by atoms with Gasteiger partial charge in [-0.1, -0.05) is 18.6 Å². The molecule has 0 radical (unpaired) electrons. The first-order chi connectivity index (χ1) is 16.7. The number of piperidine rings is 1. The molecule has 0 bridgehead atoms. The third kappa shape index (κ3) is 4.80. The number of H-pyrrole nitrogens is 1. The first-order valence-electron chi connectivity index (χ1n) is 12.4. The summed E-state index contributed by atoms with van der Waals surface area (Å²) < 4.78 is 12.4. The number of carbonyl (C=O) groups excluding carboxylic acids is 2. The summed E-state index contributed by atoms with van der Waals surface area (Å²) >= 11 is 0. The van der Waals surface area contributed by atoms with Gasteiger partial charge in [-0.25, -0.2) is 4.98 Å². The molecule has 1 aromatic heterocycles. The van der Waals surface area contributed by atoms with Crippen LogP contribution >= 0.6 is 0 Å². The predicted molar refractivity (Wildman–Crippen MR) is 125 cm³/mol. The maximum absolute atomic E-state index is 13.4. The summed E-state index contributed by atoms with van der Waals surface area (Å²) in [7, 11) is 0. The van der Waals surface area contributed by atoms with Gasteiger partial charge >= 0.3 is 0 Å². The molecule has 2 saturated heterocycles. The van der Waals surface area contributed by atoms with Crippen LogP contribution in [0.4, 0.5) is 0 Å². The highest BCUT2D eigenvalue weighted by Gasteiger charge is 2.38. The van der Waals surface area contributed by atoms with Crippen LogP contribution in [0.1, 0.15) is 65.9 Å². The number of hydrogen-bond donors (Lipinski definition) is 1. The topological polar surface area (TPSA) is 101 Å². The summed E-state index contributed by atoms with van der Waals surface area (Å²) in [6.45, 7) is 3.90. The molecule has 2 amide bonds. The molecule has 1 atom stereocenters. The number of amides is 2. The number of fused-ring (bicyclic) bond motifs is 2. The molecule has 0 unspecified atom stereocenters. The van der Waals surface area contributed by atoms with Crippen LogP contribution in [0.2, 0.25) is 0 Å². The Bertz CT molecular complexity index is 987. The Labute approximate surface area is 199 Å². The van der Waals surface area contributed by atoms with E-state index in [1.165, 1.54) is 6.33 Å². The number of aromatic nitrogens is 3. The molecule has 3 aliphatic rings. The van der Waals surface area contributed by atoms with E-state index >= 15 is 0 Å². The number of likely N-dealkylation sites (tertiary alicyclic amines) is 1. The van der Waals surface area contributed by atoms with Gasteiger partial charge in [-0.3, -0.25) is 14.7 Å². The molecular formula is C25H33N5O4. The van der Waals surface area contributed by atoms with Gasteiger partial charge in [-0.15, -0.1) is 0 Å². The lowest BCUT2D eigenvalue weighted by Gasteiger charge is -2.41. The van der Waals surface area contributed by atoms with Crippen LogP contribution in [0.3, 0.4) is 0 Å². The van der Waals surface area contributed by atoms with E-state index in [1.807, 2.05) is 34.1 Å². The molecule has 0 saturated carbocycles. The number of nitrogens with one attached hydrogen (secondary N) is 1. The average Bonchev–Trinajstić information content (AvgIpc) is 3.57. The van der Waals surface area contributed by atoms with E-state index in [2.05, 4.69) is 15.2 Å². The van der Waals surface area contributed by atoms with Gasteiger partial charge in [0.05, 0.1) is 24.8 Å². The molecule has 34 heavy (non-hydrogen) atoms. The van der Waals surface area contributed by atoms with Crippen molar-refractivity contribution in [2.45, 2.75) is 51.0 Å². The van der Waals surface area contributed by atoms with Crippen LogP contribution in [0.15, 0.2) is 30.6 Å². The molecule has 3 aliphatic heterocycles. The van der Waals surface area contributed by atoms with E-state index in [-0.39, 0.29) is 29.1 Å². The van der Waals surface area contributed by atoms with Gasteiger partial charge in [0.1, 0.15) is 12.1 Å². The molecule has 9 nitrogen and oxygen atoms in total. The van der Waals surface area contributed by atoms with Crippen molar-refractivity contribution in [2.75, 3.05) is 39.5 Å². The minimum absolute atomic E-state index is 0.0280. The molecule has 1 spiro atoms. The first-order valence-corrected chi connectivity index (χ1v) is 12.4. The van der Waals surface area contributed by atoms with E-state index in [0.29, 0.717) is 44.2 Å². The standard InChI is InChI=1S/C25H33N5O4/c31-23-20-7-1-2-8-21(20)34-17-25(9-3-4-15-33-16-19-6-5-12-30(19)23)10-13-29(14-11-25)24(32)22-26-18-27-28-22/h1-2,7-8,18-19H,3-6,9-17H2,(H,26,27,28)/t19-/m0/s1. The van der Waals surface area contributed by atoms with Gasteiger partial charge in [-0.05, 0) is 50.7 Å². The Morgan fingerprint density at radius 1 is 1.09 bits per heavy atom. The maximum Gasteiger partial charge on any atom is 0.291 e. The van der Waals surface area contributed by atoms with Crippen LogP contribution in [-0.2, 0) is 4.74 Å². The highest BCUT2D eigenvalue weighted by molar-refractivity contribution is 5.97. The van der Waals surface area contributed by atoms with Crippen molar-refractivity contribution in [3.63, 3.8) is 0 Å². The van der Waals surface area contributed by atoms with Crippen LogP contribution in [0.25, 0.3) is 0 Å². The minimum atomic E-state index is -0.112. The second-order valence-electron chi connectivity index (χ2n) is 9.74. The Morgan fingerprint density at radius 2 is 1.94 bits per heavy atom. The van der Waals surface area contributed by atoms with Crippen molar-refractivity contribution >= 4 is 11.8 Å². The SMILES string of the molecule is O=C(c1ncn[nH]1)N1CCC2(CCCCOC[C@@H]3CCCN3C(=O)c3ccccc3OC2)CC1. The van der Waals surface area contributed by atoms with Gasteiger partial charge in [0, 0.05) is 31.7 Å². The summed E-state index contributed by atoms with van der Waals surface area (Å²) in [6.07, 6.45) is 8.09. The molecule has 2 fully saturated rings. The number of rotatable bonds is 1. The smallest absolute Gasteiger partial charge is 0.291 e. The van der Waals surface area contributed by atoms with Crippen molar-refractivity contribution in [1.82, 2.24) is 25.0 Å². The van der Waals surface area contributed by atoms with Crippen LogP contribution in [0, 0.1) is 5.41 Å². The van der Waals surface area contributed by atoms with E-state index in [4.69, 9.17) is 9.47 Å². The lowest BCUT2D eigenvalue weighted by Crippen LogP contribution is -2.46. The van der Waals surface area contributed by atoms with Gasteiger partial charge in [0.15, 0.2) is 0 Å². The molecular weight excluding hydrogens is 434 g/mol. The lowest BCUT2D eigenvalue weighted by molar-refractivity contribution is 0.0298. The van der Waals surface area contributed by atoms with E-state index in [9.17, 15) is 9.59 Å². The molecule has 2 aromatic rings. The minimum Gasteiger partial charge on any atom is -0.492 e. The third-order valence-corrected chi connectivity index (χ3v) is 7.57. The number of para-hydroxylation sites is 1. The summed E-state index contributed by atoms with van der Waals surface area (Å²) in [6, 6.07) is 7.72. The maximum atomic E-state index is 13.4. The fourth-order valence-corrected chi connectivity index (χ4v) is 5.46. The Hall–Kier alpha value is -2.94. The highest BCUT2D eigenvalue weighted by atomic mass is 16.5. The van der Waals surface area contributed by atoms with Gasteiger partial charge < -0.3 is 19.3 Å². The molecule has 1 N–H and O–H groups in total. The van der Waals surface area contributed by atoms with E-state index in [1.54, 1.807) is 0 Å². The van der Waals surface area contributed by atoms with Crippen molar-refractivity contribution in [3.8, 4) is 5.75 Å². The molecule has 1 aromatic carbocycles. The summed E-state index contributed by atoms with van der Waals surface area (Å²) in [5.41, 5.74) is 0.578. The average molecular weight is 468 g/mol. The zero-order chi connectivity index (χ0) is 23.4. The number of benzene rings is 1. The van der Waals surface area contributed by atoms with Crippen LogP contribution in [-0.4, -0.2) is 82.3 Å². The number of aromatic amines is 1. The zero-order valence-corrected chi connectivity index (χ0v) is 19.6. The third-order valence-electron chi connectivity index (χ3n) is 7.57. The number of carbonyl (C=O) groups is 2. The van der Waals surface area contributed by atoms with Gasteiger partial charge in [0.2, 0.25) is 5.82 Å². The van der Waals surface area contributed by atoms with Crippen molar-refractivity contribution in [1.29, 1.82) is 0 Å². The van der Waals surface area contributed by atoms with Gasteiger partial charge in [-0.2, -0.15) is 5.10 Å². The van der Waals surface area contributed by atoms with Crippen molar-refractivity contribution < 1.29 is 19.1 Å². The summed E-state index contributed by atoms with van der Waals surface area (Å²) in [5, 5.41) is 6.46. The van der Waals surface area contributed by atoms with E-state index < -0.39 is 0 Å². The Kier molecular flexibility index (Phi) is 6.80. The lowest BCUT2D eigenvalue weighted by atomic mass is 9.75. The molecule has 182 valence electrons. The Morgan fingerprint density at radius 3 is 2.76 bits per heavy atom.